The molecular formula is C20H21ClN2O3. The number of rotatable bonds is 7. The van der Waals surface area contributed by atoms with Crippen molar-refractivity contribution < 1.29 is 14.3 Å². The van der Waals surface area contributed by atoms with E-state index >= 15 is 0 Å². The number of anilines is 1. The second kappa shape index (κ2) is 8.23. The van der Waals surface area contributed by atoms with Crippen molar-refractivity contribution in [2.24, 2.45) is 11.8 Å². The van der Waals surface area contributed by atoms with E-state index in [1.54, 1.807) is 31.4 Å². The molecule has 0 saturated heterocycles. The molecule has 0 spiro atoms. The van der Waals surface area contributed by atoms with Gasteiger partial charge in [0.2, 0.25) is 11.8 Å². The smallest absolute Gasteiger partial charge is 0.228 e. The van der Waals surface area contributed by atoms with Gasteiger partial charge in [-0.15, -0.1) is 0 Å². The van der Waals surface area contributed by atoms with Crippen molar-refractivity contribution in [3.8, 4) is 5.75 Å². The van der Waals surface area contributed by atoms with Crippen LogP contribution in [0.4, 0.5) is 5.69 Å². The van der Waals surface area contributed by atoms with E-state index in [4.69, 9.17) is 16.3 Å². The summed E-state index contributed by atoms with van der Waals surface area (Å²) in [6, 6.07) is 14.8. The van der Waals surface area contributed by atoms with Gasteiger partial charge in [-0.1, -0.05) is 41.9 Å². The van der Waals surface area contributed by atoms with Gasteiger partial charge in [0.15, 0.2) is 0 Å². The Balaban J connectivity index is 1.45. The largest absolute Gasteiger partial charge is 0.496 e. The highest BCUT2D eigenvalue weighted by molar-refractivity contribution is 6.33. The van der Waals surface area contributed by atoms with Crippen molar-refractivity contribution in [3.05, 3.63) is 59.1 Å². The summed E-state index contributed by atoms with van der Waals surface area (Å²) in [5, 5.41) is 6.18. The summed E-state index contributed by atoms with van der Waals surface area (Å²) in [5.74, 6) is 0.0000380. The van der Waals surface area contributed by atoms with E-state index in [9.17, 15) is 9.59 Å². The molecule has 0 aliphatic heterocycles. The van der Waals surface area contributed by atoms with Crippen LogP contribution in [0.5, 0.6) is 5.75 Å². The summed E-state index contributed by atoms with van der Waals surface area (Å²) in [4.78, 5) is 24.5. The van der Waals surface area contributed by atoms with E-state index in [0.717, 1.165) is 11.3 Å². The first-order valence-corrected chi connectivity index (χ1v) is 8.93. The number of halogens is 1. The highest BCUT2D eigenvalue weighted by Crippen LogP contribution is 2.40. The number of hydrogen-bond acceptors (Lipinski definition) is 3. The molecule has 1 saturated carbocycles. The lowest BCUT2D eigenvalue weighted by molar-refractivity contribution is -0.125. The topological polar surface area (TPSA) is 67.4 Å². The van der Waals surface area contributed by atoms with Gasteiger partial charge in [-0.25, -0.2) is 0 Å². The third-order valence-electron chi connectivity index (χ3n) is 4.48. The Kier molecular flexibility index (Phi) is 5.78. The van der Waals surface area contributed by atoms with Crippen molar-refractivity contribution in [3.63, 3.8) is 0 Å². The number of carbonyl (C=O) groups is 2. The van der Waals surface area contributed by atoms with Crippen LogP contribution in [0.3, 0.4) is 0 Å². The normalized spacial score (nSPS) is 18.1. The number of ether oxygens (including phenoxy) is 1. The third kappa shape index (κ3) is 4.35. The van der Waals surface area contributed by atoms with Crippen molar-refractivity contribution in [2.45, 2.75) is 12.8 Å². The predicted molar refractivity (Wildman–Crippen MR) is 101 cm³/mol. The van der Waals surface area contributed by atoms with Gasteiger partial charge in [0.1, 0.15) is 5.75 Å². The molecule has 2 aromatic carbocycles. The lowest BCUT2D eigenvalue weighted by Crippen LogP contribution is -2.29. The SMILES string of the molecule is COc1ccccc1CCNC(=O)C1CC1C(=O)Nc1ccccc1Cl. The number of carbonyl (C=O) groups excluding carboxylic acids is 2. The molecule has 6 heteroatoms. The Labute approximate surface area is 157 Å². The Bertz CT molecular complexity index is 809. The molecule has 2 amide bonds. The zero-order valence-electron chi connectivity index (χ0n) is 14.5. The number of para-hydroxylation sites is 2. The van der Waals surface area contributed by atoms with Gasteiger partial charge in [0, 0.05) is 6.54 Å². The molecule has 0 heterocycles. The minimum atomic E-state index is -0.294. The fraction of sp³-hybridized carbons (Fsp3) is 0.300. The molecule has 2 N–H and O–H groups in total. The second-order valence-corrected chi connectivity index (χ2v) is 6.68. The van der Waals surface area contributed by atoms with Gasteiger partial charge < -0.3 is 15.4 Å². The molecule has 136 valence electrons. The molecule has 0 bridgehead atoms. The molecule has 26 heavy (non-hydrogen) atoms. The summed E-state index contributed by atoms with van der Waals surface area (Å²) in [5.41, 5.74) is 1.61. The van der Waals surface area contributed by atoms with Crippen LogP contribution in [-0.4, -0.2) is 25.5 Å². The van der Waals surface area contributed by atoms with Gasteiger partial charge in [-0.3, -0.25) is 9.59 Å². The van der Waals surface area contributed by atoms with Gasteiger partial charge in [0.05, 0.1) is 29.7 Å². The fourth-order valence-corrected chi connectivity index (χ4v) is 3.11. The van der Waals surface area contributed by atoms with E-state index in [-0.39, 0.29) is 23.7 Å². The predicted octanol–water partition coefficient (Wildman–Crippen LogP) is 3.28. The minimum Gasteiger partial charge on any atom is -0.496 e. The number of hydrogen-bond donors (Lipinski definition) is 2. The van der Waals surface area contributed by atoms with E-state index in [0.29, 0.717) is 30.1 Å². The average molecular weight is 373 g/mol. The molecule has 0 aromatic heterocycles. The lowest BCUT2D eigenvalue weighted by atomic mass is 10.1. The molecule has 2 unspecified atom stereocenters. The summed E-state index contributed by atoms with van der Waals surface area (Å²) < 4.78 is 5.30. The van der Waals surface area contributed by atoms with Crippen LogP contribution in [0.15, 0.2) is 48.5 Å². The minimum absolute atomic E-state index is 0.0841. The standard InChI is InChI=1S/C20H21ClN2O3/c1-26-18-9-5-2-6-13(18)10-11-22-19(24)14-12-15(14)20(25)23-17-8-4-3-7-16(17)21/h2-9,14-15H,10-12H2,1H3,(H,22,24)(H,23,25). The van der Waals surface area contributed by atoms with Gasteiger partial charge >= 0.3 is 0 Å². The molecule has 1 aliphatic rings. The van der Waals surface area contributed by atoms with E-state index < -0.39 is 0 Å². The molecule has 1 fully saturated rings. The number of benzene rings is 2. The molecule has 5 nitrogen and oxygen atoms in total. The van der Waals surface area contributed by atoms with Crippen LogP contribution >= 0.6 is 11.6 Å². The van der Waals surface area contributed by atoms with E-state index in [1.807, 2.05) is 24.3 Å². The van der Waals surface area contributed by atoms with Crippen LogP contribution in [-0.2, 0) is 16.0 Å². The summed E-state index contributed by atoms with van der Waals surface area (Å²) in [6.45, 7) is 0.508. The number of amides is 2. The van der Waals surface area contributed by atoms with Crippen LogP contribution in [0.25, 0.3) is 0 Å². The highest BCUT2D eigenvalue weighted by atomic mass is 35.5. The fourth-order valence-electron chi connectivity index (χ4n) is 2.92. The summed E-state index contributed by atoms with van der Waals surface area (Å²) >= 11 is 6.04. The van der Waals surface area contributed by atoms with Crippen LogP contribution < -0.4 is 15.4 Å². The van der Waals surface area contributed by atoms with Gasteiger partial charge in [-0.2, -0.15) is 0 Å². The maximum absolute atomic E-state index is 12.3. The monoisotopic (exact) mass is 372 g/mol. The van der Waals surface area contributed by atoms with Crippen LogP contribution in [0, 0.1) is 11.8 Å². The van der Waals surface area contributed by atoms with Crippen molar-refractivity contribution in [2.75, 3.05) is 19.0 Å². The Morgan fingerprint density at radius 3 is 2.54 bits per heavy atom. The highest BCUT2D eigenvalue weighted by Gasteiger charge is 2.47. The first-order chi connectivity index (χ1) is 12.6. The average Bonchev–Trinajstić information content (AvgIpc) is 3.45. The maximum Gasteiger partial charge on any atom is 0.228 e. The Morgan fingerprint density at radius 1 is 1.08 bits per heavy atom. The first kappa shape index (κ1) is 18.3. The Hall–Kier alpha value is -2.53. The lowest BCUT2D eigenvalue weighted by Gasteiger charge is -2.09. The maximum atomic E-state index is 12.3. The zero-order chi connectivity index (χ0) is 18.5. The second-order valence-electron chi connectivity index (χ2n) is 6.27. The third-order valence-corrected chi connectivity index (χ3v) is 4.81. The van der Waals surface area contributed by atoms with Crippen LogP contribution in [0.2, 0.25) is 5.02 Å². The summed E-state index contributed by atoms with van der Waals surface area (Å²) in [6.07, 6.45) is 1.25. The molecule has 0 radical (unpaired) electrons. The van der Waals surface area contributed by atoms with E-state index in [2.05, 4.69) is 10.6 Å². The quantitative estimate of drug-likeness (QED) is 0.783. The number of nitrogens with one attached hydrogen (secondary N) is 2. The van der Waals surface area contributed by atoms with Crippen molar-refractivity contribution in [1.29, 1.82) is 0 Å². The Morgan fingerprint density at radius 2 is 1.77 bits per heavy atom. The summed E-state index contributed by atoms with van der Waals surface area (Å²) in [7, 11) is 1.63. The van der Waals surface area contributed by atoms with Crippen molar-refractivity contribution in [1.82, 2.24) is 5.32 Å². The zero-order valence-corrected chi connectivity index (χ0v) is 15.3. The number of methoxy groups -OCH3 is 1. The van der Waals surface area contributed by atoms with E-state index in [1.165, 1.54) is 0 Å². The molecule has 2 aromatic rings. The van der Waals surface area contributed by atoms with Crippen LogP contribution in [0.1, 0.15) is 12.0 Å². The molecule has 2 atom stereocenters. The first-order valence-electron chi connectivity index (χ1n) is 8.55. The molecular weight excluding hydrogens is 352 g/mol. The van der Waals surface area contributed by atoms with Crippen molar-refractivity contribution >= 4 is 29.1 Å². The molecule has 1 aliphatic carbocycles. The van der Waals surface area contributed by atoms with Gasteiger partial charge in [0.25, 0.3) is 0 Å². The molecule has 3 rings (SSSR count). The van der Waals surface area contributed by atoms with Gasteiger partial charge in [-0.05, 0) is 36.6 Å².